The molecule has 1 N–H and O–H groups in total. The summed E-state index contributed by atoms with van der Waals surface area (Å²) in [6, 6.07) is 7.08. The topological polar surface area (TPSA) is 21.3 Å². The van der Waals surface area contributed by atoms with Crippen LogP contribution in [0.15, 0.2) is 24.3 Å². The second-order valence-electron chi connectivity index (χ2n) is 5.75. The van der Waals surface area contributed by atoms with Gasteiger partial charge >= 0.3 is 0 Å². The highest BCUT2D eigenvalue weighted by molar-refractivity contribution is 5.34. The number of hydrogen-bond acceptors (Lipinski definition) is 2. The molecule has 2 nitrogen and oxygen atoms in total. The van der Waals surface area contributed by atoms with E-state index in [4.69, 9.17) is 4.74 Å². The van der Waals surface area contributed by atoms with Gasteiger partial charge in [0.1, 0.15) is 5.82 Å². The van der Waals surface area contributed by atoms with E-state index in [0.717, 1.165) is 25.3 Å². The van der Waals surface area contributed by atoms with Gasteiger partial charge in [0.2, 0.25) is 0 Å². The van der Waals surface area contributed by atoms with E-state index < -0.39 is 0 Å². The van der Waals surface area contributed by atoms with Gasteiger partial charge < -0.3 is 10.1 Å². The Morgan fingerprint density at radius 2 is 2.11 bits per heavy atom. The average Bonchev–Trinajstić information content (AvgIpc) is 2.24. The molecule has 1 aliphatic heterocycles. The summed E-state index contributed by atoms with van der Waals surface area (Å²) in [5.41, 5.74) is 1.40. The first-order chi connectivity index (χ1) is 8.72. The summed E-state index contributed by atoms with van der Waals surface area (Å²) in [6.45, 7) is 2.46. The Hall–Kier alpha value is -0.930. The van der Waals surface area contributed by atoms with Gasteiger partial charge in [-0.15, -0.1) is 0 Å². The zero-order valence-electron chi connectivity index (χ0n) is 10.8. The molecule has 0 radical (unpaired) electrons. The van der Waals surface area contributed by atoms with E-state index in [2.05, 4.69) is 11.4 Å². The number of ether oxygens (including phenoxy) is 1. The highest BCUT2D eigenvalue weighted by atomic mass is 19.1. The Morgan fingerprint density at radius 1 is 1.33 bits per heavy atom. The van der Waals surface area contributed by atoms with E-state index in [-0.39, 0.29) is 16.6 Å². The Labute approximate surface area is 108 Å². The van der Waals surface area contributed by atoms with Crippen molar-refractivity contribution in [2.45, 2.75) is 24.7 Å². The third-order valence-electron chi connectivity index (χ3n) is 4.92. The van der Waals surface area contributed by atoms with Crippen LogP contribution in [0.25, 0.3) is 0 Å². The fourth-order valence-corrected chi connectivity index (χ4v) is 3.64. The lowest BCUT2D eigenvalue weighted by molar-refractivity contribution is -0.156. The lowest BCUT2D eigenvalue weighted by Gasteiger charge is -2.60. The highest BCUT2D eigenvalue weighted by Gasteiger charge is 2.59. The molecule has 0 bridgehead atoms. The standard InChI is InChI=1S/C15H20FNO/c1-17-9-14(6-3-7-14)15(10-18-11-15)12-4-2-5-13(16)8-12/h2,4-5,8,17H,3,6-7,9-11H2,1H3. The number of benzene rings is 1. The minimum absolute atomic E-state index is 0.0242. The quantitative estimate of drug-likeness (QED) is 0.885. The van der Waals surface area contributed by atoms with Crippen molar-refractivity contribution in [3.05, 3.63) is 35.6 Å². The third kappa shape index (κ3) is 1.54. The van der Waals surface area contributed by atoms with Gasteiger partial charge in [0.15, 0.2) is 0 Å². The van der Waals surface area contributed by atoms with E-state index in [1.165, 1.54) is 25.3 Å². The van der Waals surface area contributed by atoms with Crippen molar-refractivity contribution in [1.29, 1.82) is 0 Å². The molecule has 0 amide bonds. The summed E-state index contributed by atoms with van der Waals surface area (Å²) in [7, 11) is 2.00. The number of nitrogens with one attached hydrogen (secondary N) is 1. The first-order valence-electron chi connectivity index (χ1n) is 6.71. The van der Waals surface area contributed by atoms with Gasteiger partial charge in [-0.1, -0.05) is 18.6 Å². The SMILES string of the molecule is CNCC1(C2(c3cccc(F)c3)COC2)CCC1. The van der Waals surface area contributed by atoms with Crippen LogP contribution in [0, 0.1) is 11.2 Å². The van der Waals surface area contributed by atoms with Crippen molar-refractivity contribution in [2.24, 2.45) is 5.41 Å². The van der Waals surface area contributed by atoms with Crippen molar-refractivity contribution < 1.29 is 9.13 Å². The Kier molecular flexibility index (Phi) is 2.91. The summed E-state index contributed by atoms with van der Waals surface area (Å²) in [5, 5.41) is 3.32. The maximum absolute atomic E-state index is 13.5. The maximum Gasteiger partial charge on any atom is 0.123 e. The second-order valence-corrected chi connectivity index (χ2v) is 5.75. The van der Waals surface area contributed by atoms with Crippen molar-refractivity contribution in [2.75, 3.05) is 26.8 Å². The number of rotatable bonds is 4. The number of halogens is 1. The molecule has 2 aliphatic rings. The molecule has 1 aromatic carbocycles. The molecular weight excluding hydrogens is 229 g/mol. The summed E-state index contributed by atoms with van der Waals surface area (Å²) < 4.78 is 19.0. The molecule has 18 heavy (non-hydrogen) atoms. The average molecular weight is 249 g/mol. The van der Waals surface area contributed by atoms with E-state index in [0.29, 0.717) is 0 Å². The van der Waals surface area contributed by atoms with Crippen molar-refractivity contribution in [1.82, 2.24) is 5.32 Å². The maximum atomic E-state index is 13.5. The van der Waals surface area contributed by atoms with Gasteiger partial charge in [0.05, 0.1) is 13.2 Å². The lowest BCUT2D eigenvalue weighted by Crippen LogP contribution is -2.64. The fourth-order valence-electron chi connectivity index (χ4n) is 3.64. The first kappa shape index (κ1) is 12.1. The van der Waals surface area contributed by atoms with Crippen LogP contribution in [0.5, 0.6) is 0 Å². The van der Waals surface area contributed by atoms with E-state index in [9.17, 15) is 4.39 Å². The Morgan fingerprint density at radius 3 is 2.56 bits per heavy atom. The molecule has 3 rings (SSSR count). The largest absolute Gasteiger partial charge is 0.379 e. The zero-order valence-corrected chi connectivity index (χ0v) is 10.8. The van der Waals surface area contributed by atoms with Crippen LogP contribution in [0.4, 0.5) is 4.39 Å². The molecule has 1 saturated heterocycles. The fraction of sp³-hybridized carbons (Fsp3) is 0.600. The molecule has 3 heteroatoms. The predicted molar refractivity (Wildman–Crippen MR) is 69.1 cm³/mol. The van der Waals surface area contributed by atoms with E-state index in [1.807, 2.05) is 13.1 Å². The van der Waals surface area contributed by atoms with Crippen LogP contribution in [0.3, 0.4) is 0 Å². The molecule has 0 atom stereocenters. The Balaban J connectivity index is 1.99. The summed E-state index contributed by atoms with van der Waals surface area (Å²) in [6.07, 6.45) is 3.71. The minimum Gasteiger partial charge on any atom is -0.379 e. The van der Waals surface area contributed by atoms with Crippen LogP contribution in [0.2, 0.25) is 0 Å². The molecule has 1 heterocycles. The number of hydrogen-bond donors (Lipinski definition) is 1. The van der Waals surface area contributed by atoms with Gasteiger partial charge in [0.25, 0.3) is 0 Å². The molecule has 1 aliphatic carbocycles. The van der Waals surface area contributed by atoms with Crippen LogP contribution in [-0.2, 0) is 10.2 Å². The summed E-state index contributed by atoms with van der Waals surface area (Å²) in [4.78, 5) is 0. The van der Waals surface area contributed by atoms with Crippen LogP contribution in [-0.4, -0.2) is 26.8 Å². The van der Waals surface area contributed by atoms with Crippen LogP contribution < -0.4 is 5.32 Å². The molecule has 98 valence electrons. The van der Waals surface area contributed by atoms with Crippen LogP contribution >= 0.6 is 0 Å². The summed E-state index contributed by atoms with van der Waals surface area (Å²) >= 11 is 0. The third-order valence-corrected chi connectivity index (χ3v) is 4.92. The zero-order chi connectivity index (χ0) is 12.6. The second kappa shape index (κ2) is 4.32. The Bertz CT molecular complexity index is 438. The van der Waals surface area contributed by atoms with Crippen molar-refractivity contribution in [3.63, 3.8) is 0 Å². The van der Waals surface area contributed by atoms with Gasteiger partial charge in [-0.25, -0.2) is 4.39 Å². The van der Waals surface area contributed by atoms with Gasteiger partial charge in [-0.05, 0) is 43.0 Å². The predicted octanol–water partition coefficient (Wildman–Crippen LogP) is 2.48. The lowest BCUT2D eigenvalue weighted by atomic mass is 9.49. The molecular formula is C15H20FNO. The minimum atomic E-state index is -0.141. The smallest absolute Gasteiger partial charge is 0.123 e. The molecule has 0 unspecified atom stereocenters. The molecule has 1 aromatic rings. The molecule has 0 spiro atoms. The van der Waals surface area contributed by atoms with E-state index in [1.54, 1.807) is 6.07 Å². The van der Waals surface area contributed by atoms with Crippen molar-refractivity contribution >= 4 is 0 Å². The molecule has 1 saturated carbocycles. The van der Waals surface area contributed by atoms with Gasteiger partial charge in [-0.3, -0.25) is 0 Å². The van der Waals surface area contributed by atoms with Crippen molar-refractivity contribution in [3.8, 4) is 0 Å². The molecule has 0 aromatic heterocycles. The normalized spacial score (nSPS) is 24.1. The van der Waals surface area contributed by atoms with E-state index >= 15 is 0 Å². The first-order valence-corrected chi connectivity index (χ1v) is 6.71. The monoisotopic (exact) mass is 249 g/mol. The van der Waals surface area contributed by atoms with Gasteiger partial charge in [0, 0.05) is 12.0 Å². The highest BCUT2D eigenvalue weighted by Crippen LogP contribution is 2.58. The molecule has 2 fully saturated rings. The summed E-state index contributed by atoms with van der Waals surface area (Å²) in [5.74, 6) is -0.141. The van der Waals surface area contributed by atoms with Gasteiger partial charge in [-0.2, -0.15) is 0 Å². The van der Waals surface area contributed by atoms with Crippen LogP contribution in [0.1, 0.15) is 24.8 Å².